The fourth-order valence-electron chi connectivity index (χ4n) is 5.40. The van der Waals surface area contributed by atoms with Crippen molar-refractivity contribution in [2.75, 3.05) is 0 Å². The molecule has 3 aromatic heterocycles. The van der Waals surface area contributed by atoms with E-state index in [2.05, 4.69) is 6.07 Å². The predicted octanol–water partition coefficient (Wildman–Crippen LogP) is 8.27. The van der Waals surface area contributed by atoms with Crippen molar-refractivity contribution in [1.82, 2.24) is 0 Å². The van der Waals surface area contributed by atoms with E-state index in [0.29, 0.717) is 28.0 Å². The zero-order chi connectivity index (χ0) is 28.6. The number of fused-ring (bicyclic) bond motifs is 6. The number of nitriles is 1. The molecule has 4 aromatic carbocycles. The van der Waals surface area contributed by atoms with Gasteiger partial charge in [0.1, 0.15) is 29.4 Å². The molecule has 0 saturated carbocycles. The summed E-state index contributed by atoms with van der Waals surface area (Å²) >= 11 is 0. The highest BCUT2D eigenvalue weighted by atomic mass is 19.1. The lowest BCUT2D eigenvalue weighted by Crippen LogP contribution is -2.31. The molecule has 3 heterocycles. The fraction of sp³-hybridized carbons (Fsp3) is 0.0909. The highest BCUT2D eigenvalue weighted by Crippen LogP contribution is 2.42. The summed E-state index contributed by atoms with van der Waals surface area (Å²) in [4.78, 5) is 0. The number of halogens is 1. The molecule has 0 N–H and O–H groups in total. The van der Waals surface area contributed by atoms with E-state index < -0.39 is 12.7 Å². The summed E-state index contributed by atoms with van der Waals surface area (Å²) in [6.07, 6.45) is 1.18. The molecule has 38 heavy (non-hydrogen) atoms. The van der Waals surface area contributed by atoms with Gasteiger partial charge in [0.15, 0.2) is 5.82 Å². The van der Waals surface area contributed by atoms with Gasteiger partial charge in [-0.3, -0.25) is 0 Å². The first-order chi connectivity index (χ1) is 19.6. The van der Waals surface area contributed by atoms with Crippen molar-refractivity contribution in [3.63, 3.8) is 0 Å². The van der Waals surface area contributed by atoms with E-state index in [1.54, 1.807) is 23.7 Å². The maximum atomic E-state index is 14.7. The van der Waals surface area contributed by atoms with Crippen molar-refractivity contribution in [2.24, 2.45) is 7.05 Å². The van der Waals surface area contributed by atoms with Gasteiger partial charge in [-0.1, -0.05) is 36.4 Å². The van der Waals surface area contributed by atoms with Gasteiger partial charge in [-0.25, -0.2) is 4.39 Å². The van der Waals surface area contributed by atoms with Crippen molar-refractivity contribution in [3.8, 4) is 28.5 Å². The van der Waals surface area contributed by atoms with Crippen LogP contribution in [0.4, 0.5) is 4.39 Å². The second-order valence-electron chi connectivity index (χ2n) is 9.59. The molecule has 0 spiro atoms. The Labute approximate surface area is 222 Å². The third kappa shape index (κ3) is 3.17. The van der Waals surface area contributed by atoms with Gasteiger partial charge in [0.05, 0.1) is 17.2 Å². The first kappa shape index (κ1) is 19.2. The van der Waals surface area contributed by atoms with Crippen LogP contribution in [-0.2, 0) is 7.05 Å². The summed E-state index contributed by atoms with van der Waals surface area (Å²) in [5.74, 6) is -0.799. The molecule has 0 saturated heterocycles. The summed E-state index contributed by atoms with van der Waals surface area (Å²) in [5, 5.41) is 13.4. The van der Waals surface area contributed by atoms with Crippen LogP contribution in [0.15, 0.2) is 87.8 Å². The molecule has 0 bridgehead atoms. The molecule has 7 rings (SSSR count). The fourth-order valence-corrected chi connectivity index (χ4v) is 5.40. The zero-order valence-electron chi connectivity index (χ0n) is 23.6. The van der Waals surface area contributed by atoms with Gasteiger partial charge in [0, 0.05) is 37.3 Å². The highest BCUT2D eigenvalue weighted by molar-refractivity contribution is 6.14. The lowest BCUT2D eigenvalue weighted by molar-refractivity contribution is -0.662. The van der Waals surface area contributed by atoms with Crippen LogP contribution >= 0.6 is 0 Å². The predicted molar refractivity (Wildman–Crippen MR) is 147 cm³/mol. The Bertz CT molecular complexity index is 2250. The van der Waals surface area contributed by atoms with Gasteiger partial charge in [-0.15, -0.1) is 0 Å². The Morgan fingerprint density at radius 3 is 2.50 bits per heavy atom. The molecule has 0 radical (unpaired) electrons. The smallest absolute Gasteiger partial charge is 0.216 e. The van der Waals surface area contributed by atoms with Crippen LogP contribution in [0.5, 0.6) is 0 Å². The number of hydrogen-bond acceptors (Lipinski definition) is 3. The van der Waals surface area contributed by atoms with Gasteiger partial charge in [0.25, 0.3) is 0 Å². The summed E-state index contributed by atoms with van der Waals surface area (Å²) in [6.45, 7) is -0.718. The number of pyridine rings is 1. The molecule has 182 valence electrons. The average molecular weight is 501 g/mol. The molecule has 0 atom stereocenters. The first-order valence-electron chi connectivity index (χ1n) is 13.7. The van der Waals surface area contributed by atoms with Gasteiger partial charge >= 0.3 is 0 Å². The second-order valence-corrected chi connectivity index (χ2v) is 9.59. The van der Waals surface area contributed by atoms with E-state index in [1.165, 1.54) is 12.3 Å². The van der Waals surface area contributed by atoms with Crippen molar-refractivity contribution < 1.29 is 21.9 Å². The average Bonchev–Trinajstić information content (AvgIpc) is 3.50. The van der Waals surface area contributed by atoms with E-state index in [4.69, 9.17) is 12.9 Å². The normalized spacial score (nSPS) is 13.2. The van der Waals surface area contributed by atoms with E-state index in [-0.39, 0.29) is 5.56 Å². The first-order valence-corrected chi connectivity index (χ1v) is 12.2. The minimum absolute atomic E-state index is 0.357. The van der Waals surface area contributed by atoms with E-state index in [9.17, 15) is 9.65 Å². The molecule has 7 aromatic rings. The molecule has 5 heteroatoms. The number of nitrogens with zero attached hydrogens (tertiary/aromatic N) is 2. The maximum absolute atomic E-state index is 14.7. The molecule has 0 aliphatic heterocycles. The molecule has 0 fully saturated rings. The van der Waals surface area contributed by atoms with Gasteiger partial charge in [0.2, 0.25) is 11.9 Å². The number of aryl methyl sites for hydroxylation is 3. The molecule has 4 nitrogen and oxygen atoms in total. The van der Waals surface area contributed by atoms with Gasteiger partial charge < -0.3 is 8.83 Å². The number of benzene rings is 4. The molecular weight excluding hydrogens is 475 g/mol. The standard InChI is InChI=1S/C33H22FN2O2/c1-18-8-10-24-26-14-20(16-35)13-25(21-9-11-23-22-6-4-5-7-29(22)37-30(23)15-21)32(26)38-33(24)31(18)28-12-19(2)27(34)17-36(28)3/h4-15,17H,1-3H3/q+1/i2D3. The highest BCUT2D eigenvalue weighted by Gasteiger charge is 2.24. The zero-order valence-corrected chi connectivity index (χ0v) is 20.6. The van der Waals surface area contributed by atoms with Crippen LogP contribution < -0.4 is 4.57 Å². The van der Waals surface area contributed by atoms with Crippen LogP contribution in [0.2, 0.25) is 0 Å². The number of rotatable bonds is 2. The third-order valence-corrected chi connectivity index (χ3v) is 7.25. The minimum atomic E-state index is -2.62. The van der Waals surface area contributed by atoms with Gasteiger partial charge in [-0.2, -0.15) is 9.83 Å². The van der Waals surface area contributed by atoms with Crippen molar-refractivity contribution >= 4 is 43.9 Å². The summed E-state index contributed by atoms with van der Waals surface area (Å²) in [5.41, 5.74) is 6.30. The Balaban J connectivity index is 1.53. The second kappa shape index (κ2) is 8.03. The van der Waals surface area contributed by atoms with Crippen LogP contribution in [0.3, 0.4) is 0 Å². The molecular formula is C33H22FN2O2+. The Morgan fingerprint density at radius 2 is 1.66 bits per heavy atom. The van der Waals surface area contributed by atoms with Crippen LogP contribution in [0.1, 0.15) is 20.8 Å². The lowest BCUT2D eigenvalue weighted by Gasteiger charge is -2.06. The maximum Gasteiger partial charge on any atom is 0.216 e. The van der Waals surface area contributed by atoms with Crippen molar-refractivity contribution in [3.05, 3.63) is 102 Å². The molecule has 0 amide bonds. The monoisotopic (exact) mass is 500 g/mol. The number of furan rings is 2. The van der Waals surface area contributed by atoms with E-state index >= 15 is 0 Å². The van der Waals surface area contributed by atoms with Crippen LogP contribution in [0, 0.1) is 30.9 Å². The Morgan fingerprint density at radius 1 is 0.842 bits per heavy atom. The van der Waals surface area contributed by atoms with Gasteiger partial charge in [-0.05, 0) is 60.8 Å². The van der Waals surface area contributed by atoms with Crippen LogP contribution in [0.25, 0.3) is 66.3 Å². The number of aromatic nitrogens is 1. The molecule has 0 aliphatic carbocycles. The summed E-state index contributed by atoms with van der Waals surface area (Å²) in [6, 6.07) is 24.9. The third-order valence-electron chi connectivity index (χ3n) is 7.25. The Hall–Kier alpha value is -4.95. The number of hydrogen-bond donors (Lipinski definition) is 0. The summed E-state index contributed by atoms with van der Waals surface area (Å²) in [7, 11) is 1.67. The van der Waals surface area contributed by atoms with E-state index in [0.717, 1.165) is 49.4 Å². The number of para-hydroxylation sites is 1. The summed E-state index contributed by atoms with van der Waals surface area (Å²) < 4.78 is 52.5. The SMILES string of the molecule is [2H]C([2H])([2H])c1cc(-c2c(C)ccc3c2oc2c(-c4ccc5c(c4)oc4ccccc45)cc(C#N)cc23)[n+](C)cc1F. The van der Waals surface area contributed by atoms with Crippen molar-refractivity contribution in [2.45, 2.75) is 13.8 Å². The Kier molecular flexibility index (Phi) is 4.05. The van der Waals surface area contributed by atoms with Crippen LogP contribution in [-0.4, -0.2) is 0 Å². The topological polar surface area (TPSA) is 54.0 Å². The lowest BCUT2D eigenvalue weighted by atomic mass is 9.96. The molecule has 0 aliphatic rings. The minimum Gasteiger partial charge on any atom is -0.456 e. The van der Waals surface area contributed by atoms with Crippen molar-refractivity contribution in [1.29, 1.82) is 5.26 Å². The largest absolute Gasteiger partial charge is 0.456 e. The quantitative estimate of drug-likeness (QED) is 0.225. The molecule has 0 unspecified atom stereocenters. The van der Waals surface area contributed by atoms with E-state index in [1.807, 2.05) is 61.5 Å².